The number of hydrogen-bond donors (Lipinski definition) is 1. The van der Waals surface area contributed by atoms with Crippen molar-refractivity contribution in [3.63, 3.8) is 0 Å². The summed E-state index contributed by atoms with van der Waals surface area (Å²) in [5.74, 6) is -0.0684. The second-order valence-corrected chi connectivity index (χ2v) is 8.03. The van der Waals surface area contributed by atoms with Gasteiger partial charge in [-0.15, -0.1) is 0 Å². The van der Waals surface area contributed by atoms with Crippen LogP contribution in [0.4, 0.5) is 17.1 Å². The van der Waals surface area contributed by atoms with E-state index in [1.165, 1.54) is 11.1 Å². The summed E-state index contributed by atoms with van der Waals surface area (Å²) in [7, 11) is 0. The van der Waals surface area contributed by atoms with Crippen molar-refractivity contribution in [3.05, 3.63) is 126 Å². The normalized spacial score (nSPS) is 16.6. The molecular formula is C28H23N3O. The Morgan fingerprint density at radius 3 is 1.66 bits per heavy atom. The largest absolute Gasteiger partial charge is 0.326 e. The lowest BCUT2D eigenvalue weighted by Gasteiger charge is -2.19. The summed E-state index contributed by atoms with van der Waals surface area (Å²) in [5.41, 5.74) is 4.40. The van der Waals surface area contributed by atoms with Crippen LogP contribution in [0.1, 0.15) is 17.5 Å². The monoisotopic (exact) mass is 417 g/mol. The molecule has 0 bridgehead atoms. The maximum Gasteiger partial charge on any atom is 0.228 e. The van der Waals surface area contributed by atoms with Crippen LogP contribution in [-0.2, 0) is 10.2 Å². The summed E-state index contributed by atoms with van der Waals surface area (Å²) in [4.78, 5) is 13.2. The van der Waals surface area contributed by atoms with Crippen molar-refractivity contribution in [2.24, 2.45) is 16.1 Å². The maximum absolute atomic E-state index is 13.2. The highest BCUT2D eigenvalue weighted by atomic mass is 16.2. The van der Waals surface area contributed by atoms with Crippen molar-refractivity contribution in [3.8, 4) is 0 Å². The molecule has 4 aromatic carbocycles. The average Bonchev–Trinajstić information content (AvgIpc) is 3.63. The van der Waals surface area contributed by atoms with Gasteiger partial charge in [-0.25, -0.2) is 0 Å². The van der Waals surface area contributed by atoms with Crippen LogP contribution in [-0.4, -0.2) is 5.91 Å². The predicted molar refractivity (Wildman–Crippen MR) is 127 cm³/mol. The number of carbonyl (C=O) groups excluding carboxylic acids is 1. The SMILES string of the molecule is O=C(Nc1ccc(N=Nc2ccccc2)cc1)C1CC1(c1ccccc1)c1ccccc1. The highest BCUT2D eigenvalue weighted by molar-refractivity contribution is 5.97. The van der Waals surface area contributed by atoms with Gasteiger partial charge in [-0.2, -0.15) is 10.2 Å². The van der Waals surface area contributed by atoms with Crippen LogP contribution < -0.4 is 5.32 Å². The molecule has 1 atom stereocenters. The molecule has 1 unspecified atom stereocenters. The third-order valence-corrected chi connectivity index (χ3v) is 6.03. The first-order valence-corrected chi connectivity index (χ1v) is 10.7. The smallest absolute Gasteiger partial charge is 0.228 e. The second-order valence-electron chi connectivity index (χ2n) is 8.03. The summed E-state index contributed by atoms with van der Waals surface area (Å²) in [5, 5.41) is 11.6. The van der Waals surface area contributed by atoms with Gasteiger partial charge in [-0.05, 0) is 53.9 Å². The van der Waals surface area contributed by atoms with Crippen molar-refractivity contribution < 1.29 is 4.79 Å². The molecule has 1 fully saturated rings. The van der Waals surface area contributed by atoms with Gasteiger partial charge >= 0.3 is 0 Å². The van der Waals surface area contributed by atoms with Gasteiger partial charge < -0.3 is 5.32 Å². The van der Waals surface area contributed by atoms with E-state index >= 15 is 0 Å². The van der Waals surface area contributed by atoms with E-state index in [4.69, 9.17) is 0 Å². The van der Waals surface area contributed by atoms with Crippen molar-refractivity contribution in [2.45, 2.75) is 11.8 Å². The highest BCUT2D eigenvalue weighted by Crippen LogP contribution is 2.59. The standard InChI is InChI=1S/C28H23N3O/c32-27(29-23-16-18-25(19-17-23)31-30-24-14-8-3-9-15-24)26-20-28(26,21-10-4-1-5-11-21)22-12-6-2-7-13-22/h1-19,26H,20H2,(H,29,32). The van der Waals surface area contributed by atoms with Gasteiger partial charge in [0.1, 0.15) is 0 Å². The molecule has 1 aliphatic rings. The number of nitrogens with one attached hydrogen (secondary N) is 1. The molecule has 0 radical (unpaired) electrons. The Morgan fingerprint density at radius 2 is 1.12 bits per heavy atom. The quantitative estimate of drug-likeness (QED) is 0.336. The molecule has 4 nitrogen and oxygen atoms in total. The lowest BCUT2D eigenvalue weighted by atomic mass is 9.85. The van der Waals surface area contributed by atoms with Crippen LogP contribution >= 0.6 is 0 Å². The van der Waals surface area contributed by atoms with Gasteiger partial charge in [-0.3, -0.25) is 4.79 Å². The van der Waals surface area contributed by atoms with E-state index in [9.17, 15) is 4.79 Å². The lowest BCUT2D eigenvalue weighted by Crippen LogP contribution is -2.22. The van der Waals surface area contributed by atoms with Gasteiger partial charge in [-0.1, -0.05) is 78.9 Å². The zero-order valence-corrected chi connectivity index (χ0v) is 17.6. The fraction of sp³-hybridized carbons (Fsp3) is 0.107. The molecule has 5 rings (SSSR count). The number of rotatable bonds is 6. The zero-order chi connectivity index (χ0) is 21.8. The zero-order valence-electron chi connectivity index (χ0n) is 17.6. The molecule has 1 saturated carbocycles. The first kappa shape index (κ1) is 19.9. The van der Waals surface area contributed by atoms with Crippen LogP contribution in [0.15, 0.2) is 125 Å². The molecule has 4 aromatic rings. The number of azo groups is 1. The van der Waals surface area contributed by atoms with E-state index in [0.29, 0.717) is 0 Å². The summed E-state index contributed by atoms with van der Waals surface area (Å²) >= 11 is 0. The van der Waals surface area contributed by atoms with E-state index in [2.05, 4.69) is 39.8 Å². The van der Waals surface area contributed by atoms with Gasteiger partial charge in [0.2, 0.25) is 5.91 Å². The Balaban J connectivity index is 1.31. The van der Waals surface area contributed by atoms with Gasteiger partial charge in [0.05, 0.1) is 17.3 Å². The number of nitrogens with zero attached hydrogens (tertiary/aromatic N) is 2. The molecule has 1 amide bonds. The molecule has 0 aliphatic heterocycles. The van der Waals surface area contributed by atoms with Gasteiger partial charge in [0, 0.05) is 11.1 Å². The number of amides is 1. The first-order valence-electron chi connectivity index (χ1n) is 10.7. The summed E-state index contributed by atoms with van der Waals surface area (Å²) in [6.45, 7) is 0. The maximum atomic E-state index is 13.2. The molecule has 1 aliphatic carbocycles. The molecule has 0 spiro atoms. The van der Waals surface area contributed by atoms with Crippen molar-refractivity contribution in [1.82, 2.24) is 0 Å². The molecule has 1 N–H and O–H groups in total. The summed E-state index contributed by atoms with van der Waals surface area (Å²) < 4.78 is 0. The van der Waals surface area contributed by atoms with E-state index in [-0.39, 0.29) is 17.2 Å². The number of anilines is 1. The van der Waals surface area contributed by atoms with Gasteiger partial charge in [0.15, 0.2) is 0 Å². The number of hydrogen-bond acceptors (Lipinski definition) is 3. The molecule has 32 heavy (non-hydrogen) atoms. The Hall–Kier alpha value is -4.05. The topological polar surface area (TPSA) is 53.8 Å². The second kappa shape index (κ2) is 8.60. The molecule has 0 heterocycles. The highest BCUT2D eigenvalue weighted by Gasteiger charge is 2.60. The summed E-state index contributed by atoms with van der Waals surface area (Å²) in [6, 6.07) is 37.7. The minimum absolute atomic E-state index is 0.0383. The molecule has 156 valence electrons. The van der Waals surface area contributed by atoms with Crippen LogP contribution in [0.5, 0.6) is 0 Å². The van der Waals surface area contributed by atoms with Gasteiger partial charge in [0.25, 0.3) is 0 Å². The minimum Gasteiger partial charge on any atom is -0.326 e. The van der Waals surface area contributed by atoms with E-state index < -0.39 is 0 Å². The predicted octanol–water partition coefficient (Wildman–Crippen LogP) is 7.05. The van der Waals surface area contributed by atoms with Crippen LogP contribution in [0.2, 0.25) is 0 Å². The Bertz CT molecular complexity index is 1180. The summed E-state index contributed by atoms with van der Waals surface area (Å²) in [6.07, 6.45) is 0.802. The third kappa shape index (κ3) is 3.95. The Morgan fingerprint density at radius 1 is 0.656 bits per heavy atom. The Kier molecular flexibility index (Phi) is 5.34. The number of carbonyl (C=O) groups is 1. The fourth-order valence-electron chi connectivity index (χ4n) is 4.31. The van der Waals surface area contributed by atoms with Crippen molar-refractivity contribution in [2.75, 3.05) is 5.32 Å². The van der Waals surface area contributed by atoms with Crippen molar-refractivity contribution in [1.29, 1.82) is 0 Å². The van der Waals surface area contributed by atoms with Crippen LogP contribution in [0, 0.1) is 5.92 Å². The Labute approximate surface area is 187 Å². The van der Waals surface area contributed by atoms with Crippen molar-refractivity contribution >= 4 is 23.0 Å². The van der Waals surface area contributed by atoms with Crippen LogP contribution in [0.25, 0.3) is 0 Å². The van der Waals surface area contributed by atoms with E-state index in [1.54, 1.807) is 0 Å². The molecule has 0 aromatic heterocycles. The third-order valence-electron chi connectivity index (χ3n) is 6.03. The lowest BCUT2D eigenvalue weighted by molar-refractivity contribution is -0.117. The molecule has 4 heteroatoms. The fourth-order valence-corrected chi connectivity index (χ4v) is 4.31. The van der Waals surface area contributed by atoms with Crippen LogP contribution in [0.3, 0.4) is 0 Å². The average molecular weight is 418 g/mol. The first-order chi connectivity index (χ1) is 15.8. The molecular weight excluding hydrogens is 394 g/mol. The van der Waals surface area contributed by atoms with E-state index in [1.807, 2.05) is 91.0 Å². The molecule has 0 saturated heterocycles. The minimum atomic E-state index is -0.267. The number of benzene rings is 4. The van der Waals surface area contributed by atoms with E-state index in [0.717, 1.165) is 23.5 Å².